The fourth-order valence-corrected chi connectivity index (χ4v) is 1.40. The molecular weight excluding hydrogens is 201 g/mol. The van der Waals surface area contributed by atoms with Crippen LogP contribution in [0, 0.1) is 0 Å². The third-order valence-electron chi connectivity index (χ3n) is 1.45. The molecule has 0 spiro atoms. The van der Waals surface area contributed by atoms with Crippen molar-refractivity contribution in [3.8, 4) is 0 Å². The Hall–Kier alpha value is -0.310. The van der Waals surface area contributed by atoms with E-state index in [0.29, 0.717) is 13.2 Å². The molecular formula is C9H20NO3P. The minimum Gasteiger partial charge on any atom is -0.391 e. The summed E-state index contributed by atoms with van der Waals surface area (Å²) in [5.41, 5.74) is 0. The van der Waals surface area contributed by atoms with Gasteiger partial charge in [-0.3, -0.25) is 4.57 Å². The maximum atomic E-state index is 10.4. The summed E-state index contributed by atoms with van der Waals surface area (Å²) < 4.78 is 19.6. The van der Waals surface area contributed by atoms with Crippen LogP contribution in [-0.4, -0.2) is 19.8 Å². The molecule has 0 saturated heterocycles. The molecule has 84 valence electrons. The lowest BCUT2D eigenvalue weighted by atomic mass is 10.2. The molecule has 0 aliphatic carbocycles. The van der Waals surface area contributed by atoms with Crippen molar-refractivity contribution in [2.75, 3.05) is 19.8 Å². The van der Waals surface area contributed by atoms with E-state index in [1.54, 1.807) is 13.8 Å². The Morgan fingerprint density at radius 3 is 2.21 bits per heavy atom. The van der Waals surface area contributed by atoms with E-state index < -0.39 is 8.25 Å². The van der Waals surface area contributed by atoms with Crippen LogP contribution in [0.25, 0.3) is 0 Å². The highest BCUT2D eigenvalue weighted by molar-refractivity contribution is 7.33. The summed E-state index contributed by atoms with van der Waals surface area (Å²) in [6.07, 6.45) is 6.73. The molecule has 0 aromatic rings. The average molecular weight is 221 g/mol. The number of rotatable bonds is 4. The topological polar surface area (TPSA) is 47.6 Å². The van der Waals surface area contributed by atoms with Gasteiger partial charge in [0.1, 0.15) is 0 Å². The Balaban J connectivity index is 0.000000249. The van der Waals surface area contributed by atoms with Crippen LogP contribution in [0.4, 0.5) is 0 Å². The SMILES string of the molecule is C1=CNCCC1.CCO[PH](=O)OCC. The molecule has 5 heteroatoms. The van der Waals surface area contributed by atoms with Gasteiger partial charge in [0, 0.05) is 6.54 Å². The molecule has 0 aromatic heterocycles. The Bertz CT molecular complexity index is 157. The number of hydrogen-bond donors (Lipinski definition) is 1. The highest BCUT2D eigenvalue weighted by atomic mass is 31.1. The Morgan fingerprint density at radius 2 is 2.00 bits per heavy atom. The third-order valence-corrected chi connectivity index (χ3v) is 2.50. The van der Waals surface area contributed by atoms with Gasteiger partial charge in [0.2, 0.25) is 0 Å². The molecule has 1 heterocycles. The Labute approximate surface area is 86.6 Å². The van der Waals surface area contributed by atoms with Crippen LogP contribution in [0.2, 0.25) is 0 Å². The molecule has 1 N–H and O–H groups in total. The lowest BCUT2D eigenvalue weighted by molar-refractivity contribution is 0.243. The first-order chi connectivity index (χ1) is 6.81. The van der Waals surface area contributed by atoms with Crippen molar-refractivity contribution in [2.24, 2.45) is 0 Å². The summed E-state index contributed by atoms with van der Waals surface area (Å²) >= 11 is 0. The molecule has 0 atom stereocenters. The first kappa shape index (κ1) is 13.7. The molecule has 14 heavy (non-hydrogen) atoms. The zero-order valence-corrected chi connectivity index (χ0v) is 9.91. The minimum absolute atomic E-state index is 0.456. The summed E-state index contributed by atoms with van der Waals surface area (Å²) in [6.45, 7) is 5.63. The van der Waals surface area contributed by atoms with E-state index in [1.807, 2.05) is 6.20 Å². The van der Waals surface area contributed by atoms with E-state index in [-0.39, 0.29) is 0 Å². The van der Waals surface area contributed by atoms with Gasteiger partial charge in [-0.25, -0.2) is 0 Å². The van der Waals surface area contributed by atoms with Crippen LogP contribution < -0.4 is 5.32 Å². The quantitative estimate of drug-likeness (QED) is 0.740. The lowest BCUT2D eigenvalue weighted by Crippen LogP contribution is -2.09. The Kier molecular flexibility index (Phi) is 10.5. The minimum atomic E-state index is -2.14. The van der Waals surface area contributed by atoms with Crippen LogP contribution in [0.1, 0.15) is 26.7 Å². The van der Waals surface area contributed by atoms with E-state index in [2.05, 4.69) is 20.4 Å². The zero-order valence-electron chi connectivity index (χ0n) is 8.91. The van der Waals surface area contributed by atoms with Crippen molar-refractivity contribution < 1.29 is 13.6 Å². The smallest absolute Gasteiger partial charge is 0.319 e. The molecule has 1 aliphatic rings. The molecule has 0 aromatic carbocycles. The lowest BCUT2D eigenvalue weighted by Gasteiger charge is -2.02. The fourth-order valence-electron chi connectivity index (χ4n) is 0.849. The predicted octanol–water partition coefficient (Wildman–Crippen LogP) is 2.33. The van der Waals surface area contributed by atoms with Gasteiger partial charge in [-0.05, 0) is 32.9 Å². The third kappa shape index (κ3) is 9.78. The molecule has 0 amide bonds. The maximum absolute atomic E-state index is 10.4. The zero-order chi connectivity index (χ0) is 10.6. The van der Waals surface area contributed by atoms with Crippen LogP contribution in [0.15, 0.2) is 12.3 Å². The van der Waals surface area contributed by atoms with Gasteiger partial charge in [0.05, 0.1) is 13.2 Å². The van der Waals surface area contributed by atoms with Crippen molar-refractivity contribution in [3.05, 3.63) is 12.3 Å². The summed E-state index contributed by atoms with van der Waals surface area (Å²) in [5.74, 6) is 0. The second-order valence-corrected chi connectivity index (χ2v) is 3.69. The van der Waals surface area contributed by atoms with E-state index in [1.165, 1.54) is 12.8 Å². The van der Waals surface area contributed by atoms with Gasteiger partial charge < -0.3 is 14.4 Å². The van der Waals surface area contributed by atoms with E-state index >= 15 is 0 Å². The van der Waals surface area contributed by atoms with Gasteiger partial charge in [0.15, 0.2) is 0 Å². The number of nitrogens with one attached hydrogen (secondary N) is 1. The summed E-state index contributed by atoms with van der Waals surface area (Å²) in [4.78, 5) is 0. The van der Waals surface area contributed by atoms with Crippen molar-refractivity contribution in [3.63, 3.8) is 0 Å². The maximum Gasteiger partial charge on any atom is 0.319 e. The molecule has 1 aliphatic heterocycles. The standard InChI is InChI=1S/C5H9N.C4H11O3P/c1-2-4-6-5-3-1;1-3-6-8(5)7-4-2/h2,4,6H,1,3,5H2;8H,3-4H2,1-2H3. The van der Waals surface area contributed by atoms with E-state index in [9.17, 15) is 4.57 Å². The fraction of sp³-hybridized carbons (Fsp3) is 0.778. The number of allylic oxidation sites excluding steroid dienone is 1. The monoisotopic (exact) mass is 221 g/mol. The highest BCUT2D eigenvalue weighted by Crippen LogP contribution is 2.21. The predicted molar refractivity (Wildman–Crippen MR) is 58.6 cm³/mol. The molecule has 0 radical (unpaired) electrons. The first-order valence-electron chi connectivity index (χ1n) is 4.99. The molecule has 4 nitrogen and oxygen atoms in total. The molecule has 0 saturated carbocycles. The summed E-state index contributed by atoms with van der Waals surface area (Å²) in [5, 5.41) is 3.10. The number of hydrogen-bond acceptors (Lipinski definition) is 4. The second kappa shape index (κ2) is 10.8. The van der Waals surface area contributed by atoms with E-state index in [4.69, 9.17) is 0 Å². The van der Waals surface area contributed by atoms with Crippen molar-refractivity contribution in [1.82, 2.24) is 5.32 Å². The van der Waals surface area contributed by atoms with Crippen LogP contribution in [0.5, 0.6) is 0 Å². The van der Waals surface area contributed by atoms with Crippen LogP contribution in [-0.2, 0) is 13.6 Å². The van der Waals surface area contributed by atoms with Crippen LogP contribution >= 0.6 is 8.25 Å². The molecule has 0 unspecified atom stereocenters. The second-order valence-electron chi connectivity index (χ2n) is 2.61. The largest absolute Gasteiger partial charge is 0.391 e. The molecule has 1 rings (SSSR count). The normalized spacial score (nSPS) is 14.5. The molecule has 0 fully saturated rings. The van der Waals surface area contributed by atoms with Crippen molar-refractivity contribution in [2.45, 2.75) is 26.7 Å². The van der Waals surface area contributed by atoms with Gasteiger partial charge in [-0.15, -0.1) is 0 Å². The summed E-state index contributed by atoms with van der Waals surface area (Å²) in [6, 6.07) is 0. The van der Waals surface area contributed by atoms with E-state index in [0.717, 1.165) is 6.54 Å². The average Bonchev–Trinajstić information content (AvgIpc) is 2.22. The molecule has 0 bridgehead atoms. The van der Waals surface area contributed by atoms with Crippen molar-refractivity contribution in [1.29, 1.82) is 0 Å². The first-order valence-corrected chi connectivity index (χ1v) is 6.21. The Morgan fingerprint density at radius 1 is 1.36 bits per heavy atom. The highest BCUT2D eigenvalue weighted by Gasteiger charge is 1.91. The summed E-state index contributed by atoms with van der Waals surface area (Å²) in [7, 11) is -2.14. The van der Waals surface area contributed by atoms with Gasteiger partial charge >= 0.3 is 8.25 Å². The van der Waals surface area contributed by atoms with Gasteiger partial charge in [-0.1, -0.05) is 6.08 Å². The van der Waals surface area contributed by atoms with Gasteiger partial charge in [-0.2, -0.15) is 0 Å². The van der Waals surface area contributed by atoms with Crippen LogP contribution in [0.3, 0.4) is 0 Å². The van der Waals surface area contributed by atoms with Crippen molar-refractivity contribution >= 4 is 8.25 Å². The van der Waals surface area contributed by atoms with Gasteiger partial charge in [0.25, 0.3) is 0 Å².